The largest absolute Gasteiger partial charge is 0.494 e. The molecule has 1 heterocycles. The van der Waals surface area contributed by atoms with E-state index < -0.39 is 5.97 Å². The van der Waals surface area contributed by atoms with E-state index in [0.717, 1.165) is 22.7 Å². The van der Waals surface area contributed by atoms with Gasteiger partial charge in [0.25, 0.3) is 0 Å². The monoisotopic (exact) mass is 299 g/mol. The molecule has 2 aromatic carbocycles. The number of carbonyl (C=O) groups is 1. The Hall–Kier alpha value is -2.69. The van der Waals surface area contributed by atoms with Gasteiger partial charge < -0.3 is 19.5 Å². The molecule has 0 radical (unpaired) electrons. The van der Waals surface area contributed by atoms with Gasteiger partial charge in [-0.05, 0) is 49.4 Å². The summed E-state index contributed by atoms with van der Waals surface area (Å²) in [6.45, 7) is 3.71. The van der Waals surface area contributed by atoms with E-state index >= 15 is 0 Å². The average Bonchev–Trinajstić information content (AvgIpc) is 2.54. The molecule has 0 aromatic heterocycles. The fraction of sp³-hybridized carbons (Fsp3) is 0.235. The second-order valence-corrected chi connectivity index (χ2v) is 5.03. The van der Waals surface area contributed by atoms with E-state index in [2.05, 4.69) is 0 Å². The van der Waals surface area contributed by atoms with Gasteiger partial charge in [-0.1, -0.05) is 0 Å². The van der Waals surface area contributed by atoms with Gasteiger partial charge in [-0.3, -0.25) is 0 Å². The minimum atomic E-state index is -0.923. The number of benzene rings is 2. The summed E-state index contributed by atoms with van der Waals surface area (Å²) in [7, 11) is 0. The Morgan fingerprint density at radius 3 is 2.73 bits per heavy atom. The van der Waals surface area contributed by atoms with Crippen molar-refractivity contribution in [3.63, 3.8) is 0 Å². The maximum Gasteiger partial charge on any atom is 0.335 e. The first-order valence-corrected chi connectivity index (χ1v) is 7.14. The molecule has 114 valence electrons. The molecule has 5 heteroatoms. The summed E-state index contributed by atoms with van der Waals surface area (Å²) >= 11 is 0. The number of carboxylic acid groups (broad SMARTS) is 1. The second-order valence-electron chi connectivity index (χ2n) is 5.03. The normalized spacial score (nSPS) is 13.2. The summed E-state index contributed by atoms with van der Waals surface area (Å²) in [5, 5.41) is 8.95. The Morgan fingerprint density at radius 1 is 1.27 bits per heavy atom. The SMILES string of the molecule is CCOc1ccc2c(c1)CN(c1ccc(C(=O)O)cc1)CO2. The number of aromatic carboxylic acids is 1. The predicted molar refractivity (Wildman–Crippen MR) is 82.7 cm³/mol. The van der Waals surface area contributed by atoms with Crippen LogP contribution in [0.3, 0.4) is 0 Å². The molecule has 22 heavy (non-hydrogen) atoms. The lowest BCUT2D eigenvalue weighted by molar-refractivity contribution is 0.0697. The van der Waals surface area contributed by atoms with E-state index in [1.165, 1.54) is 0 Å². The zero-order valence-electron chi connectivity index (χ0n) is 12.3. The summed E-state index contributed by atoms with van der Waals surface area (Å²) in [5.41, 5.74) is 2.26. The smallest absolute Gasteiger partial charge is 0.335 e. The molecule has 5 nitrogen and oxygen atoms in total. The van der Waals surface area contributed by atoms with Crippen LogP contribution in [-0.2, 0) is 6.54 Å². The fourth-order valence-corrected chi connectivity index (χ4v) is 2.46. The van der Waals surface area contributed by atoms with Crippen LogP contribution in [0.25, 0.3) is 0 Å². The molecular formula is C17H17NO4. The zero-order chi connectivity index (χ0) is 15.5. The van der Waals surface area contributed by atoms with Crippen LogP contribution in [-0.4, -0.2) is 24.4 Å². The molecule has 0 saturated carbocycles. The molecule has 1 aliphatic heterocycles. The molecule has 1 aliphatic rings. The van der Waals surface area contributed by atoms with E-state index in [0.29, 0.717) is 19.9 Å². The van der Waals surface area contributed by atoms with Crippen molar-refractivity contribution in [3.05, 3.63) is 53.6 Å². The minimum absolute atomic E-state index is 0.278. The number of anilines is 1. The molecule has 0 aliphatic carbocycles. The van der Waals surface area contributed by atoms with Crippen molar-refractivity contribution in [1.82, 2.24) is 0 Å². The third-order valence-corrected chi connectivity index (χ3v) is 3.56. The lowest BCUT2D eigenvalue weighted by atomic mass is 10.1. The predicted octanol–water partition coefficient (Wildman–Crippen LogP) is 3.14. The van der Waals surface area contributed by atoms with Crippen LogP contribution < -0.4 is 14.4 Å². The van der Waals surface area contributed by atoms with Gasteiger partial charge in [-0.15, -0.1) is 0 Å². The molecule has 0 saturated heterocycles. The Labute approximate surface area is 128 Å². The number of carboxylic acids is 1. The molecule has 0 bridgehead atoms. The van der Waals surface area contributed by atoms with Gasteiger partial charge in [0.2, 0.25) is 0 Å². The van der Waals surface area contributed by atoms with Gasteiger partial charge >= 0.3 is 5.97 Å². The molecule has 0 spiro atoms. The summed E-state index contributed by atoms with van der Waals surface area (Å²) in [6, 6.07) is 12.6. The first-order valence-electron chi connectivity index (χ1n) is 7.14. The van der Waals surface area contributed by atoms with E-state index in [-0.39, 0.29) is 5.56 Å². The molecule has 0 amide bonds. The highest BCUT2D eigenvalue weighted by Crippen LogP contribution is 2.31. The molecule has 0 fully saturated rings. The summed E-state index contributed by atoms with van der Waals surface area (Å²) in [4.78, 5) is 12.9. The molecule has 0 unspecified atom stereocenters. The van der Waals surface area contributed by atoms with Crippen LogP contribution >= 0.6 is 0 Å². The molecule has 0 atom stereocenters. The van der Waals surface area contributed by atoms with Crippen molar-refractivity contribution >= 4 is 11.7 Å². The first-order chi connectivity index (χ1) is 10.7. The van der Waals surface area contributed by atoms with Crippen molar-refractivity contribution in [2.45, 2.75) is 13.5 Å². The lowest BCUT2D eigenvalue weighted by Crippen LogP contribution is -2.31. The van der Waals surface area contributed by atoms with Gasteiger partial charge in [0.1, 0.15) is 11.5 Å². The highest BCUT2D eigenvalue weighted by Gasteiger charge is 2.18. The third-order valence-electron chi connectivity index (χ3n) is 3.56. The topological polar surface area (TPSA) is 59.0 Å². The number of hydrogen-bond acceptors (Lipinski definition) is 4. The molecule has 2 aromatic rings. The van der Waals surface area contributed by atoms with Crippen LogP contribution in [0, 0.1) is 0 Å². The maximum absolute atomic E-state index is 10.9. The number of nitrogens with zero attached hydrogens (tertiary/aromatic N) is 1. The number of fused-ring (bicyclic) bond motifs is 1. The van der Waals surface area contributed by atoms with Gasteiger partial charge in [0, 0.05) is 17.8 Å². The highest BCUT2D eigenvalue weighted by molar-refractivity contribution is 5.88. The van der Waals surface area contributed by atoms with Crippen molar-refractivity contribution in [2.75, 3.05) is 18.2 Å². The number of rotatable bonds is 4. The molecular weight excluding hydrogens is 282 g/mol. The van der Waals surface area contributed by atoms with E-state index in [9.17, 15) is 4.79 Å². The van der Waals surface area contributed by atoms with Crippen LogP contribution in [0.15, 0.2) is 42.5 Å². The summed E-state index contributed by atoms with van der Waals surface area (Å²) in [6.07, 6.45) is 0. The van der Waals surface area contributed by atoms with Crippen molar-refractivity contribution in [2.24, 2.45) is 0 Å². The molecule has 1 N–H and O–H groups in total. The molecule has 3 rings (SSSR count). The first kappa shape index (κ1) is 14.3. The van der Waals surface area contributed by atoms with Gasteiger partial charge in [0.05, 0.1) is 12.2 Å². The fourth-order valence-electron chi connectivity index (χ4n) is 2.46. The van der Waals surface area contributed by atoms with Gasteiger partial charge in [-0.2, -0.15) is 0 Å². The average molecular weight is 299 g/mol. The Bertz CT molecular complexity index is 682. The van der Waals surface area contributed by atoms with Crippen molar-refractivity contribution in [3.8, 4) is 11.5 Å². The van der Waals surface area contributed by atoms with Crippen LogP contribution in [0.4, 0.5) is 5.69 Å². The van der Waals surface area contributed by atoms with Gasteiger partial charge in [-0.25, -0.2) is 4.79 Å². The number of ether oxygens (including phenoxy) is 2. The van der Waals surface area contributed by atoms with E-state index in [1.807, 2.05) is 30.0 Å². The van der Waals surface area contributed by atoms with Gasteiger partial charge in [0.15, 0.2) is 6.73 Å². The third kappa shape index (κ3) is 2.83. The van der Waals surface area contributed by atoms with Crippen LogP contribution in [0.1, 0.15) is 22.8 Å². The standard InChI is InChI=1S/C17H17NO4/c1-2-21-15-7-8-16-13(9-15)10-18(11-22-16)14-5-3-12(4-6-14)17(19)20/h3-9H,2,10-11H2,1H3,(H,19,20). The van der Waals surface area contributed by atoms with E-state index in [1.54, 1.807) is 24.3 Å². The minimum Gasteiger partial charge on any atom is -0.494 e. The summed E-state index contributed by atoms with van der Waals surface area (Å²) in [5.74, 6) is 0.767. The quantitative estimate of drug-likeness (QED) is 0.940. The van der Waals surface area contributed by atoms with Crippen LogP contribution in [0.5, 0.6) is 11.5 Å². The maximum atomic E-state index is 10.9. The Morgan fingerprint density at radius 2 is 2.05 bits per heavy atom. The second kappa shape index (κ2) is 5.97. The lowest BCUT2D eigenvalue weighted by Gasteiger charge is -2.31. The van der Waals surface area contributed by atoms with Crippen molar-refractivity contribution in [1.29, 1.82) is 0 Å². The van der Waals surface area contributed by atoms with Crippen LogP contribution in [0.2, 0.25) is 0 Å². The van der Waals surface area contributed by atoms with E-state index in [4.69, 9.17) is 14.6 Å². The van der Waals surface area contributed by atoms with Crippen molar-refractivity contribution < 1.29 is 19.4 Å². The highest BCUT2D eigenvalue weighted by atomic mass is 16.5. The Kier molecular flexibility index (Phi) is 3.87. The summed E-state index contributed by atoms with van der Waals surface area (Å²) < 4.78 is 11.3. The number of hydrogen-bond donors (Lipinski definition) is 1. The Balaban J connectivity index is 1.80. The zero-order valence-corrected chi connectivity index (χ0v) is 12.3.